The Morgan fingerprint density at radius 1 is 1.00 bits per heavy atom. The third-order valence-electron chi connectivity index (χ3n) is 1.07. The Bertz CT molecular complexity index is 15.5. The Balaban J connectivity index is 0.000000250. The van der Waals surface area contributed by atoms with Gasteiger partial charge in [-0.15, -0.1) is 0 Å². The molecule has 0 bridgehead atoms. The molecule has 1 aliphatic rings. The molecule has 1 rings (SSSR count). The Morgan fingerprint density at radius 3 is 1.67 bits per heavy atom. The van der Waals surface area contributed by atoms with Crippen LogP contribution in [0, 0.1) is 6.42 Å². The van der Waals surface area contributed by atoms with Crippen LogP contribution in [0.3, 0.4) is 0 Å². The maximum absolute atomic E-state index is 2.36. The van der Waals surface area contributed by atoms with E-state index in [0.29, 0.717) is 0 Å². The average molecular weight is 155 g/mol. The van der Waals surface area contributed by atoms with Crippen LogP contribution >= 0.6 is 0 Å². The molecule has 0 aromatic carbocycles. The van der Waals surface area contributed by atoms with E-state index in [-0.39, 0.29) is 58.2 Å². The minimum absolute atomic E-state index is 0. The van der Waals surface area contributed by atoms with Gasteiger partial charge < -0.3 is 6.42 Å². The summed E-state index contributed by atoms with van der Waals surface area (Å²) in [7, 11) is 0. The fourth-order valence-corrected chi connectivity index (χ4v) is 0.722. The van der Waals surface area contributed by atoms with E-state index in [1.807, 2.05) is 0 Å². The first kappa shape index (κ1) is 7.81. The fourth-order valence-electron chi connectivity index (χ4n) is 0.722. The van der Waals surface area contributed by atoms with Crippen LogP contribution < -0.4 is 58.2 Å². The van der Waals surface area contributed by atoms with Gasteiger partial charge in [-0.1, -0.05) is 12.8 Å². The molecule has 1 saturated carbocycles. The molecule has 30 valence electrons. The van der Waals surface area contributed by atoms with E-state index in [0.717, 1.165) is 0 Å². The minimum Gasteiger partial charge on any atom is -0.328 e. The van der Waals surface area contributed by atoms with Crippen LogP contribution in [-0.4, -0.2) is 0 Å². The summed E-state index contributed by atoms with van der Waals surface area (Å²) >= 11 is 0. The van der Waals surface area contributed by atoms with Crippen molar-refractivity contribution < 1.29 is 58.2 Å². The normalized spacial score (nSPS) is 20.0. The second kappa shape index (κ2) is 4.95. The number of rotatable bonds is 0. The van der Waals surface area contributed by atoms with Crippen molar-refractivity contribution in [3.05, 3.63) is 6.42 Å². The molecule has 0 aromatic rings. The van der Waals surface area contributed by atoms with Gasteiger partial charge in [-0.3, -0.25) is 0 Å². The van der Waals surface area contributed by atoms with Crippen LogP contribution in [0.4, 0.5) is 0 Å². The summed E-state index contributed by atoms with van der Waals surface area (Å²) in [6.07, 6.45) is 8.00. The molecule has 0 unspecified atom stereocenters. The largest absolute Gasteiger partial charge is 1.00 e. The van der Waals surface area contributed by atoms with E-state index in [4.69, 9.17) is 0 Å². The first-order valence-electron chi connectivity index (χ1n) is 2.32. The summed E-state index contributed by atoms with van der Waals surface area (Å²) in [5, 5.41) is 0. The van der Waals surface area contributed by atoms with Crippen LogP contribution in [0.5, 0.6) is 0 Å². The van der Waals surface area contributed by atoms with Crippen LogP contribution in [-0.2, 0) is 0 Å². The van der Waals surface area contributed by atoms with E-state index in [9.17, 15) is 0 Å². The molecule has 0 N–H and O–H groups in total. The maximum atomic E-state index is 2.36. The fraction of sp³-hybridized carbons (Fsp3) is 0.800. The molecule has 0 aliphatic heterocycles. The van der Waals surface area contributed by atoms with Crippen molar-refractivity contribution in [2.45, 2.75) is 25.7 Å². The van der Waals surface area contributed by atoms with Gasteiger partial charge in [0, 0.05) is 0 Å². The standard InChI is InChI=1S/C5H9.Rb/c1-2-4-5-3-1;/h1H,2-5H2;/q-1;+1. The predicted molar refractivity (Wildman–Crippen MR) is 22.8 cm³/mol. The van der Waals surface area contributed by atoms with Gasteiger partial charge in [-0.25, -0.2) is 0 Å². The predicted octanol–water partition coefficient (Wildman–Crippen LogP) is -1.23. The van der Waals surface area contributed by atoms with E-state index in [1.165, 1.54) is 25.7 Å². The second-order valence-corrected chi connectivity index (χ2v) is 1.57. The van der Waals surface area contributed by atoms with Crippen LogP contribution in [0.2, 0.25) is 0 Å². The second-order valence-electron chi connectivity index (χ2n) is 1.57. The van der Waals surface area contributed by atoms with Crippen molar-refractivity contribution in [2.24, 2.45) is 0 Å². The SMILES string of the molecule is [CH-]1CCCC1.[Rb+]. The summed E-state index contributed by atoms with van der Waals surface area (Å²) in [6.45, 7) is 0. The third-order valence-corrected chi connectivity index (χ3v) is 1.07. The molecule has 0 amide bonds. The van der Waals surface area contributed by atoms with Crippen molar-refractivity contribution >= 4 is 0 Å². The van der Waals surface area contributed by atoms with Crippen LogP contribution in [0.25, 0.3) is 0 Å². The zero-order chi connectivity index (χ0) is 3.54. The van der Waals surface area contributed by atoms with Crippen LogP contribution in [0.15, 0.2) is 0 Å². The molecular formula is C5H9Rb. The van der Waals surface area contributed by atoms with Crippen LogP contribution in [0.1, 0.15) is 25.7 Å². The first-order valence-corrected chi connectivity index (χ1v) is 2.32. The van der Waals surface area contributed by atoms with Crippen molar-refractivity contribution in [2.75, 3.05) is 0 Å². The van der Waals surface area contributed by atoms with E-state index >= 15 is 0 Å². The molecule has 1 heteroatoms. The molecular weight excluding hydrogens is 146 g/mol. The Morgan fingerprint density at radius 2 is 1.50 bits per heavy atom. The molecule has 6 heavy (non-hydrogen) atoms. The number of hydrogen-bond donors (Lipinski definition) is 0. The average Bonchev–Trinajstić information content (AvgIpc) is 1.76. The summed E-state index contributed by atoms with van der Waals surface area (Å²) in [4.78, 5) is 0. The van der Waals surface area contributed by atoms with Crippen molar-refractivity contribution in [3.8, 4) is 0 Å². The van der Waals surface area contributed by atoms with Gasteiger partial charge in [0.15, 0.2) is 0 Å². The summed E-state index contributed by atoms with van der Waals surface area (Å²) in [5.41, 5.74) is 0. The molecule has 1 aliphatic carbocycles. The molecule has 0 aromatic heterocycles. The Hall–Kier alpha value is 1.81. The maximum Gasteiger partial charge on any atom is 1.00 e. The van der Waals surface area contributed by atoms with Crippen molar-refractivity contribution in [1.82, 2.24) is 0 Å². The van der Waals surface area contributed by atoms with Gasteiger partial charge in [-0.05, 0) is 0 Å². The van der Waals surface area contributed by atoms with Gasteiger partial charge in [-0.2, -0.15) is 12.8 Å². The smallest absolute Gasteiger partial charge is 0.328 e. The molecule has 0 saturated heterocycles. The van der Waals surface area contributed by atoms with E-state index < -0.39 is 0 Å². The molecule has 0 radical (unpaired) electrons. The topological polar surface area (TPSA) is 0 Å². The van der Waals surface area contributed by atoms with E-state index in [2.05, 4.69) is 6.42 Å². The molecule has 0 heterocycles. The Labute approximate surface area is 88.5 Å². The molecule has 0 nitrogen and oxygen atoms in total. The summed E-state index contributed by atoms with van der Waals surface area (Å²) < 4.78 is 0. The van der Waals surface area contributed by atoms with Gasteiger partial charge >= 0.3 is 58.2 Å². The molecule has 0 atom stereocenters. The number of hydrogen-bond acceptors (Lipinski definition) is 0. The molecule has 1 fully saturated rings. The monoisotopic (exact) mass is 154 g/mol. The quantitative estimate of drug-likeness (QED) is 0.384. The van der Waals surface area contributed by atoms with Crippen molar-refractivity contribution in [1.29, 1.82) is 0 Å². The van der Waals surface area contributed by atoms with Gasteiger partial charge in [0.1, 0.15) is 0 Å². The first-order chi connectivity index (χ1) is 2.50. The van der Waals surface area contributed by atoms with Crippen molar-refractivity contribution in [3.63, 3.8) is 0 Å². The van der Waals surface area contributed by atoms with E-state index in [1.54, 1.807) is 0 Å². The molecule has 0 spiro atoms. The zero-order valence-corrected chi connectivity index (χ0v) is 9.32. The summed E-state index contributed by atoms with van der Waals surface area (Å²) in [6, 6.07) is 0. The minimum atomic E-state index is 0. The van der Waals surface area contributed by atoms with Gasteiger partial charge in [0.05, 0.1) is 0 Å². The zero-order valence-electron chi connectivity index (χ0n) is 4.41. The van der Waals surface area contributed by atoms with Gasteiger partial charge in [0.25, 0.3) is 0 Å². The Kier molecular flexibility index (Phi) is 6.44. The third kappa shape index (κ3) is 2.89. The summed E-state index contributed by atoms with van der Waals surface area (Å²) in [5.74, 6) is 0. The van der Waals surface area contributed by atoms with Gasteiger partial charge in [0.2, 0.25) is 0 Å².